The van der Waals surface area contributed by atoms with Gasteiger partial charge in [-0.3, -0.25) is 33.9 Å². The van der Waals surface area contributed by atoms with Gasteiger partial charge in [0.15, 0.2) is 0 Å². The zero-order valence-electron chi connectivity index (χ0n) is 20.9. The van der Waals surface area contributed by atoms with Crippen molar-refractivity contribution in [3.05, 3.63) is 48.2 Å². The average molecular weight is 528 g/mol. The van der Waals surface area contributed by atoms with Gasteiger partial charge in [-0.15, -0.1) is 0 Å². The molecule has 0 spiro atoms. The third-order valence-electron chi connectivity index (χ3n) is 5.34. The highest BCUT2D eigenvalue weighted by molar-refractivity contribution is 6.11. The van der Waals surface area contributed by atoms with Crippen LogP contribution in [0.3, 0.4) is 0 Å². The molecule has 0 bridgehead atoms. The maximum absolute atomic E-state index is 13.6. The van der Waals surface area contributed by atoms with E-state index >= 15 is 0 Å². The lowest BCUT2D eigenvalue weighted by atomic mass is 10.2. The van der Waals surface area contributed by atoms with Crippen LogP contribution in [0.15, 0.2) is 53.2 Å². The van der Waals surface area contributed by atoms with Gasteiger partial charge in [0.05, 0.1) is 30.4 Å². The van der Waals surface area contributed by atoms with Gasteiger partial charge in [-0.2, -0.15) is 0 Å². The van der Waals surface area contributed by atoms with E-state index in [0.717, 1.165) is 9.80 Å². The standard InChI is InChI=1S/C25H29N5O8/c1-3-5-10-26-17(4-2)24(37)28-18-12-29(22(34)15-32)19-8-6-7-9-20(19)30(25(18)38)13-21(33)27-16(14-31)11-23(35)36/h3-10,14,16,18,32H,11-13,15H2,1-2H3,(H,27,33)(H,28,37)(H,35,36)/b5-3?,17-4-,26-10?/t16-,18-/m0/s1. The number of aldehydes is 1. The fourth-order valence-electron chi connectivity index (χ4n) is 3.60. The number of aliphatic hydroxyl groups excluding tert-OH is 1. The molecule has 2 rings (SSSR count). The van der Waals surface area contributed by atoms with E-state index in [9.17, 15) is 33.9 Å². The van der Waals surface area contributed by atoms with E-state index in [1.54, 1.807) is 38.1 Å². The van der Waals surface area contributed by atoms with Gasteiger partial charge in [0, 0.05) is 6.21 Å². The second-order valence-corrected chi connectivity index (χ2v) is 7.99. The Kier molecular flexibility index (Phi) is 11.0. The van der Waals surface area contributed by atoms with E-state index in [2.05, 4.69) is 15.6 Å². The number of carboxylic acids is 1. The van der Waals surface area contributed by atoms with Gasteiger partial charge in [-0.1, -0.05) is 24.3 Å². The molecule has 0 aliphatic carbocycles. The Morgan fingerprint density at radius 3 is 2.45 bits per heavy atom. The molecule has 13 nitrogen and oxygen atoms in total. The zero-order valence-corrected chi connectivity index (χ0v) is 20.9. The molecule has 13 heteroatoms. The molecule has 1 aromatic carbocycles. The van der Waals surface area contributed by atoms with E-state index in [4.69, 9.17) is 5.11 Å². The van der Waals surface area contributed by atoms with Crippen LogP contribution in [-0.4, -0.2) is 84.1 Å². The van der Waals surface area contributed by atoms with Crippen LogP contribution in [0.25, 0.3) is 0 Å². The summed E-state index contributed by atoms with van der Waals surface area (Å²) in [5.41, 5.74) is 0.313. The fourth-order valence-corrected chi connectivity index (χ4v) is 3.60. The van der Waals surface area contributed by atoms with Crippen molar-refractivity contribution in [1.29, 1.82) is 0 Å². The van der Waals surface area contributed by atoms with Gasteiger partial charge in [-0.05, 0) is 32.1 Å². The lowest BCUT2D eigenvalue weighted by Crippen LogP contribution is -2.55. The number of hydrogen-bond donors (Lipinski definition) is 4. The Balaban J connectivity index is 2.46. The molecule has 1 aromatic rings. The van der Waals surface area contributed by atoms with Crippen LogP contribution in [0, 0.1) is 0 Å². The minimum atomic E-state index is -1.36. The summed E-state index contributed by atoms with van der Waals surface area (Å²) in [4.78, 5) is 80.2. The Morgan fingerprint density at radius 1 is 1.18 bits per heavy atom. The summed E-state index contributed by atoms with van der Waals surface area (Å²) in [6, 6.07) is 3.43. The zero-order chi connectivity index (χ0) is 28.2. The third kappa shape index (κ3) is 7.67. The lowest BCUT2D eigenvalue weighted by Gasteiger charge is -2.25. The summed E-state index contributed by atoms with van der Waals surface area (Å²) in [6.45, 7) is 1.45. The molecule has 1 heterocycles. The number of carboxylic acid groups (broad SMARTS) is 1. The van der Waals surface area contributed by atoms with Crippen molar-refractivity contribution in [3.8, 4) is 0 Å². The molecule has 0 radical (unpaired) electrons. The van der Waals surface area contributed by atoms with Crippen LogP contribution in [-0.2, 0) is 28.8 Å². The van der Waals surface area contributed by atoms with E-state index < -0.39 is 61.3 Å². The first kappa shape index (κ1) is 29.6. The van der Waals surface area contributed by atoms with Gasteiger partial charge in [0.25, 0.3) is 17.7 Å². The summed E-state index contributed by atoms with van der Waals surface area (Å²) in [5.74, 6) is -4.39. The number of benzene rings is 1. The van der Waals surface area contributed by atoms with E-state index in [1.807, 2.05) is 0 Å². The van der Waals surface area contributed by atoms with Crippen LogP contribution < -0.4 is 20.4 Å². The van der Waals surface area contributed by atoms with Crippen molar-refractivity contribution in [2.75, 3.05) is 29.5 Å². The summed E-state index contributed by atoms with van der Waals surface area (Å²) < 4.78 is 0. The Labute approximate surface area is 218 Å². The Morgan fingerprint density at radius 2 is 1.87 bits per heavy atom. The molecular formula is C25H29N5O8. The highest BCUT2D eigenvalue weighted by atomic mass is 16.4. The number of para-hydroxylation sites is 2. The molecule has 1 aliphatic rings. The number of carbonyl (C=O) groups excluding carboxylic acids is 5. The number of rotatable bonds is 11. The number of allylic oxidation sites excluding steroid dienone is 3. The van der Waals surface area contributed by atoms with Crippen molar-refractivity contribution >= 4 is 53.5 Å². The molecule has 4 amide bonds. The number of aliphatic hydroxyl groups is 1. The maximum Gasteiger partial charge on any atom is 0.305 e. The topological polar surface area (TPSA) is 186 Å². The average Bonchev–Trinajstić information content (AvgIpc) is 3.00. The maximum atomic E-state index is 13.6. The largest absolute Gasteiger partial charge is 0.481 e. The highest BCUT2D eigenvalue weighted by Gasteiger charge is 2.38. The summed E-state index contributed by atoms with van der Waals surface area (Å²) in [6.07, 6.45) is 5.73. The van der Waals surface area contributed by atoms with Crippen molar-refractivity contribution in [2.45, 2.75) is 32.4 Å². The number of nitrogens with one attached hydrogen (secondary N) is 2. The molecule has 0 saturated heterocycles. The fraction of sp³-hybridized carbons (Fsp3) is 0.320. The quantitative estimate of drug-likeness (QED) is 0.169. The molecule has 0 aromatic heterocycles. The third-order valence-corrected chi connectivity index (χ3v) is 5.34. The van der Waals surface area contributed by atoms with Crippen molar-refractivity contribution in [3.63, 3.8) is 0 Å². The molecule has 0 saturated carbocycles. The first-order valence-corrected chi connectivity index (χ1v) is 11.6. The van der Waals surface area contributed by atoms with Crippen LogP contribution >= 0.6 is 0 Å². The molecule has 1 aliphatic heterocycles. The van der Waals surface area contributed by atoms with Gasteiger partial charge in [-0.25, -0.2) is 0 Å². The number of aliphatic carboxylic acids is 1. The molecule has 38 heavy (non-hydrogen) atoms. The van der Waals surface area contributed by atoms with Crippen molar-refractivity contribution in [2.24, 2.45) is 4.99 Å². The molecule has 2 atom stereocenters. The second-order valence-electron chi connectivity index (χ2n) is 7.99. The highest BCUT2D eigenvalue weighted by Crippen LogP contribution is 2.33. The molecule has 0 unspecified atom stereocenters. The number of nitrogens with zero attached hydrogens (tertiary/aromatic N) is 3. The summed E-state index contributed by atoms with van der Waals surface area (Å²) in [7, 11) is 0. The number of fused-ring (bicyclic) bond motifs is 1. The van der Waals surface area contributed by atoms with Crippen LogP contribution in [0.4, 0.5) is 11.4 Å². The molecule has 0 fully saturated rings. The van der Waals surface area contributed by atoms with Gasteiger partial charge >= 0.3 is 5.97 Å². The van der Waals surface area contributed by atoms with Crippen molar-refractivity contribution in [1.82, 2.24) is 10.6 Å². The number of carbonyl (C=O) groups is 6. The summed E-state index contributed by atoms with van der Waals surface area (Å²) >= 11 is 0. The number of aliphatic imine (C=N–C) groups is 1. The number of anilines is 2. The Hall–Kier alpha value is -4.65. The van der Waals surface area contributed by atoms with Crippen LogP contribution in [0.1, 0.15) is 20.3 Å². The number of amides is 4. The minimum absolute atomic E-state index is 0.00974. The predicted molar refractivity (Wildman–Crippen MR) is 137 cm³/mol. The van der Waals surface area contributed by atoms with E-state index in [0.29, 0.717) is 0 Å². The SMILES string of the molecule is CC=CC=N/C(=C\C)C(=O)N[C@H]1CN(C(=O)CO)c2ccccc2N(CC(=O)N[C@H](C=O)CC(=O)O)C1=O. The minimum Gasteiger partial charge on any atom is -0.481 e. The molecule has 202 valence electrons. The van der Waals surface area contributed by atoms with Gasteiger partial charge in [0.2, 0.25) is 5.91 Å². The van der Waals surface area contributed by atoms with Crippen LogP contribution in [0.2, 0.25) is 0 Å². The first-order chi connectivity index (χ1) is 18.2. The molecule has 4 N–H and O–H groups in total. The first-order valence-electron chi connectivity index (χ1n) is 11.6. The smallest absolute Gasteiger partial charge is 0.305 e. The lowest BCUT2D eigenvalue weighted by molar-refractivity contribution is -0.139. The van der Waals surface area contributed by atoms with Crippen LogP contribution in [0.5, 0.6) is 0 Å². The molecular weight excluding hydrogens is 498 g/mol. The van der Waals surface area contributed by atoms with Gasteiger partial charge < -0.3 is 30.5 Å². The summed E-state index contributed by atoms with van der Waals surface area (Å²) in [5, 5.41) is 23.2. The normalized spacial score (nSPS) is 16.7. The predicted octanol–water partition coefficient (Wildman–Crippen LogP) is -0.448. The van der Waals surface area contributed by atoms with Crippen molar-refractivity contribution < 1.29 is 39.0 Å². The number of hydrogen-bond acceptors (Lipinski definition) is 8. The van der Waals surface area contributed by atoms with Gasteiger partial charge in [0.1, 0.15) is 31.2 Å². The Bertz CT molecular complexity index is 1180. The van der Waals surface area contributed by atoms with E-state index in [1.165, 1.54) is 24.4 Å². The second kappa shape index (κ2) is 14.2. The monoisotopic (exact) mass is 527 g/mol. The van der Waals surface area contributed by atoms with E-state index in [-0.39, 0.29) is 29.9 Å².